The molecule has 1 aromatic heterocycles. The summed E-state index contributed by atoms with van der Waals surface area (Å²) in [5.74, 6) is 0. The smallest absolute Gasteiger partial charge is 0.192 e. The summed E-state index contributed by atoms with van der Waals surface area (Å²) in [6.45, 7) is 3.62. The van der Waals surface area contributed by atoms with Crippen molar-refractivity contribution in [2.75, 3.05) is 0 Å². The number of aliphatic hydroxyl groups is 1. The first-order chi connectivity index (χ1) is 9.10. The van der Waals surface area contributed by atoms with Gasteiger partial charge in [0.2, 0.25) is 0 Å². The number of nitriles is 1. The van der Waals surface area contributed by atoms with Crippen LogP contribution in [0.1, 0.15) is 29.7 Å². The average Bonchev–Trinajstić information content (AvgIpc) is 2.41. The Morgan fingerprint density at radius 3 is 2.58 bits per heavy atom. The number of rotatable bonds is 3. The van der Waals surface area contributed by atoms with Crippen molar-refractivity contribution in [2.24, 2.45) is 0 Å². The maximum Gasteiger partial charge on any atom is 0.192 e. The quantitative estimate of drug-likeness (QED) is 0.869. The van der Waals surface area contributed by atoms with Crippen LogP contribution in [0.2, 0.25) is 0 Å². The molecule has 0 aliphatic rings. The molecule has 1 atom stereocenters. The van der Waals surface area contributed by atoms with Crippen LogP contribution < -0.4 is 0 Å². The first-order valence-corrected chi connectivity index (χ1v) is 6.60. The zero-order chi connectivity index (χ0) is 13.8. The molecule has 96 valence electrons. The second-order valence-corrected chi connectivity index (χ2v) is 5.19. The van der Waals surface area contributed by atoms with Crippen LogP contribution in [0.5, 0.6) is 0 Å². The highest BCUT2D eigenvalue weighted by Crippen LogP contribution is 2.32. The molecular formula is C14H13N3OS. The molecule has 1 heterocycles. The van der Waals surface area contributed by atoms with Crippen LogP contribution in [0.25, 0.3) is 0 Å². The monoisotopic (exact) mass is 271 g/mol. The topological polar surface area (TPSA) is 69.8 Å². The molecule has 0 saturated carbocycles. The summed E-state index contributed by atoms with van der Waals surface area (Å²) in [4.78, 5) is 9.24. The third kappa shape index (κ3) is 3.31. The third-order valence-electron chi connectivity index (χ3n) is 2.55. The highest BCUT2D eigenvalue weighted by molar-refractivity contribution is 7.99. The summed E-state index contributed by atoms with van der Waals surface area (Å²) >= 11 is 1.35. The van der Waals surface area contributed by atoms with Gasteiger partial charge in [-0.25, -0.2) is 9.97 Å². The van der Waals surface area contributed by atoms with E-state index in [-0.39, 0.29) is 0 Å². The van der Waals surface area contributed by atoms with Crippen molar-refractivity contribution in [3.8, 4) is 6.07 Å². The van der Waals surface area contributed by atoms with Gasteiger partial charge in [-0.15, -0.1) is 0 Å². The van der Waals surface area contributed by atoms with E-state index in [1.807, 2.05) is 6.92 Å². The molecule has 1 aromatic carbocycles. The SMILES string of the molecule is Cc1cnc(Sc2cc(C#N)ccc2[C@@H](C)O)nc1. The number of hydrogen-bond donors (Lipinski definition) is 1. The van der Waals surface area contributed by atoms with Gasteiger partial charge in [0.1, 0.15) is 0 Å². The summed E-state index contributed by atoms with van der Waals surface area (Å²) in [5, 5.41) is 19.3. The van der Waals surface area contributed by atoms with Crippen molar-refractivity contribution < 1.29 is 5.11 Å². The van der Waals surface area contributed by atoms with Crippen LogP contribution in [0.4, 0.5) is 0 Å². The highest BCUT2D eigenvalue weighted by atomic mass is 32.2. The lowest BCUT2D eigenvalue weighted by atomic mass is 10.1. The van der Waals surface area contributed by atoms with Gasteiger partial charge in [0.05, 0.1) is 17.7 Å². The number of benzene rings is 1. The molecule has 5 heteroatoms. The van der Waals surface area contributed by atoms with E-state index in [2.05, 4.69) is 16.0 Å². The fourth-order valence-electron chi connectivity index (χ4n) is 1.57. The van der Waals surface area contributed by atoms with Crippen molar-refractivity contribution >= 4 is 11.8 Å². The van der Waals surface area contributed by atoms with E-state index >= 15 is 0 Å². The van der Waals surface area contributed by atoms with Gasteiger partial charge in [-0.05, 0) is 48.9 Å². The minimum Gasteiger partial charge on any atom is -0.389 e. The fraction of sp³-hybridized carbons (Fsp3) is 0.214. The lowest BCUT2D eigenvalue weighted by molar-refractivity contribution is 0.196. The largest absolute Gasteiger partial charge is 0.389 e. The van der Waals surface area contributed by atoms with Crippen LogP contribution in [0.3, 0.4) is 0 Å². The summed E-state index contributed by atoms with van der Waals surface area (Å²) < 4.78 is 0. The second-order valence-electron chi connectivity index (χ2n) is 4.19. The normalized spacial score (nSPS) is 11.9. The number of nitrogens with zero attached hydrogens (tertiary/aromatic N) is 3. The maximum atomic E-state index is 9.75. The van der Waals surface area contributed by atoms with E-state index in [4.69, 9.17) is 5.26 Å². The van der Waals surface area contributed by atoms with E-state index < -0.39 is 6.10 Å². The predicted octanol–water partition coefficient (Wildman–Crippen LogP) is 2.86. The molecule has 4 nitrogen and oxygen atoms in total. The maximum absolute atomic E-state index is 9.75. The number of aromatic nitrogens is 2. The second kappa shape index (κ2) is 5.83. The third-order valence-corrected chi connectivity index (χ3v) is 3.52. The summed E-state index contributed by atoms with van der Waals surface area (Å²) in [6, 6.07) is 7.30. The standard InChI is InChI=1S/C14H13N3OS/c1-9-7-16-14(17-8-9)19-13-5-11(6-15)3-4-12(13)10(2)18/h3-5,7-8,10,18H,1-2H3/t10-/m1/s1. The van der Waals surface area contributed by atoms with Crippen molar-refractivity contribution in [1.82, 2.24) is 9.97 Å². The molecule has 0 amide bonds. The van der Waals surface area contributed by atoms with Gasteiger partial charge in [-0.2, -0.15) is 5.26 Å². The zero-order valence-corrected chi connectivity index (χ0v) is 11.5. The Morgan fingerprint density at radius 1 is 1.32 bits per heavy atom. The van der Waals surface area contributed by atoms with Crippen molar-refractivity contribution in [3.05, 3.63) is 47.3 Å². The number of aliphatic hydroxyl groups excluding tert-OH is 1. The molecule has 0 saturated heterocycles. The van der Waals surface area contributed by atoms with E-state index in [0.717, 1.165) is 16.0 Å². The first kappa shape index (κ1) is 13.5. The highest BCUT2D eigenvalue weighted by Gasteiger charge is 2.11. The lowest BCUT2D eigenvalue weighted by Crippen LogP contribution is -1.96. The van der Waals surface area contributed by atoms with Crippen LogP contribution >= 0.6 is 11.8 Å². The summed E-state index contributed by atoms with van der Waals surface area (Å²) in [6.07, 6.45) is 2.89. The lowest BCUT2D eigenvalue weighted by Gasteiger charge is -2.11. The van der Waals surface area contributed by atoms with E-state index in [1.165, 1.54) is 11.8 Å². The first-order valence-electron chi connectivity index (χ1n) is 5.79. The molecule has 0 aliphatic carbocycles. The molecule has 1 N–H and O–H groups in total. The molecule has 0 spiro atoms. The number of aryl methyl sites for hydroxylation is 1. The van der Waals surface area contributed by atoms with Gasteiger partial charge < -0.3 is 5.11 Å². The van der Waals surface area contributed by atoms with Gasteiger partial charge >= 0.3 is 0 Å². The van der Waals surface area contributed by atoms with Crippen molar-refractivity contribution in [1.29, 1.82) is 5.26 Å². The molecule has 2 rings (SSSR count). The Balaban J connectivity index is 2.37. The molecule has 0 aliphatic heterocycles. The molecule has 0 fully saturated rings. The van der Waals surface area contributed by atoms with E-state index in [9.17, 15) is 5.11 Å². The van der Waals surface area contributed by atoms with Crippen molar-refractivity contribution in [2.45, 2.75) is 30.0 Å². The molecule has 0 radical (unpaired) electrons. The van der Waals surface area contributed by atoms with Crippen LogP contribution in [-0.4, -0.2) is 15.1 Å². The minimum absolute atomic E-state index is 0.555. The Kier molecular flexibility index (Phi) is 4.15. The van der Waals surface area contributed by atoms with Gasteiger partial charge in [-0.1, -0.05) is 6.07 Å². The minimum atomic E-state index is -0.597. The molecule has 0 unspecified atom stereocenters. The van der Waals surface area contributed by atoms with E-state index in [0.29, 0.717) is 10.7 Å². The Bertz CT molecular complexity index is 618. The molecular weight excluding hydrogens is 258 g/mol. The molecule has 0 bridgehead atoms. The Labute approximate surface area is 116 Å². The molecule has 19 heavy (non-hydrogen) atoms. The van der Waals surface area contributed by atoms with Gasteiger partial charge in [0.15, 0.2) is 5.16 Å². The zero-order valence-electron chi connectivity index (χ0n) is 10.7. The fourth-order valence-corrected chi connectivity index (χ4v) is 2.52. The molecule has 2 aromatic rings. The average molecular weight is 271 g/mol. The predicted molar refractivity (Wildman–Crippen MR) is 72.7 cm³/mol. The van der Waals surface area contributed by atoms with E-state index in [1.54, 1.807) is 37.5 Å². The van der Waals surface area contributed by atoms with Gasteiger partial charge in [-0.3, -0.25) is 0 Å². The summed E-state index contributed by atoms with van der Waals surface area (Å²) in [7, 11) is 0. The van der Waals surface area contributed by atoms with Crippen LogP contribution in [0, 0.1) is 18.3 Å². The van der Waals surface area contributed by atoms with Crippen LogP contribution in [0.15, 0.2) is 40.6 Å². The number of hydrogen-bond acceptors (Lipinski definition) is 5. The van der Waals surface area contributed by atoms with Gasteiger partial charge in [0, 0.05) is 17.3 Å². The van der Waals surface area contributed by atoms with Crippen LogP contribution in [-0.2, 0) is 0 Å². The van der Waals surface area contributed by atoms with Crippen molar-refractivity contribution in [3.63, 3.8) is 0 Å². The Morgan fingerprint density at radius 2 is 2.00 bits per heavy atom. The van der Waals surface area contributed by atoms with Gasteiger partial charge in [0.25, 0.3) is 0 Å². The Hall–Kier alpha value is -1.90. The summed E-state index contributed by atoms with van der Waals surface area (Å²) in [5.41, 5.74) is 2.32.